The van der Waals surface area contributed by atoms with Crippen LogP contribution in [0, 0.1) is 6.92 Å². The second-order valence-electron chi connectivity index (χ2n) is 7.59. The summed E-state index contributed by atoms with van der Waals surface area (Å²) in [7, 11) is 1.90. The van der Waals surface area contributed by atoms with Crippen LogP contribution in [0.3, 0.4) is 0 Å². The van der Waals surface area contributed by atoms with Crippen LogP contribution >= 0.6 is 0 Å². The fraction of sp³-hybridized carbons (Fsp3) is 0.261. The zero-order valence-electron chi connectivity index (χ0n) is 18.0. The Kier molecular flexibility index (Phi) is 5.73. The topological polar surface area (TPSA) is 98.7 Å². The molecule has 0 saturated carbocycles. The average Bonchev–Trinajstić information content (AvgIpc) is 3.25. The van der Waals surface area contributed by atoms with Crippen molar-refractivity contribution in [3.8, 4) is 34.3 Å². The highest BCUT2D eigenvalue weighted by Crippen LogP contribution is 2.27. The quantitative estimate of drug-likeness (QED) is 0.512. The molecule has 31 heavy (non-hydrogen) atoms. The van der Waals surface area contributed by atoms with E-state index in [2.05, 4.69) is 20.5 Å². The summed E-state index contributed by atoms with van der Waals surface area (Å²) in [6, 6.07) is 11.3. The van der Waals surface area contributed by atoms with Gasteiger partial charge in [0.1, 0.15) is 5.69 Å². The number of hydrogen-bond donors (Lipinski definition) is 1. The Morgan fingerprint density at radius 2 is 1.90 bits per heavy atom. The lowest BCUT2D eigenvalue weighted by Gasteiger charge is -2.11. The second kappa shape index (κ2) is 8.61. The van der Waals surface area contributed by atoms with E-state index in [-0.39, 0.29) is 11.6 Å². The number of aromatic nitrogens is 5. The molecular weight excluding hydrogens is 392 g/mol. The summed E-state index contributed by atoms with van der Waals surface area (Å²) in [5.74, 6) is 0.728. The van der Waals surface area contributed by atoms with E-state index in [4.69, 9.17) is 9.40 Å². The second-order valence-corrected chi connectivity index (χ2v) is 7.59. The lowest BCUT2D eigenvalue weighted by Crippen LogP contribution is -2.20. The number of nitrogens with one attached hydrogen (secondary N) is 1. The zero-order chi connectivity index (χ0) is 22.0. The van der Waals surface area contributed by atoms with Crippen LogP contribution in [0.5, 0.6) is 0 Å². The molecular formula is C23H24N6O2. The van der Waals surface area contributed by atoms with Gasteiger partial charge in [0.15, 0.2) is 0 Å². The average molecular weight is 416 g/mol. The monoisotopic (exact) mass is 416 g/mol. The van der Waals surface area contributed by atoms with E-state index in [1.54, 1.807) is 29.1 Å². The molecule has 4 rings (SSSR count). The minimum Gasteiger partial charge on any atom is -0.415 e. The maximum absolute atomic E-state index is 12.1. The van der Waals surface area contributed by atoms with Gasteiger partial charge in [-0.2, -0.15) is 0 Å². The smallest absolute Gasteiger partial charge is 0.268 e. The fourth-order valence-electron chi connectivity index (χ4n) is 3.30. The maximum Gasteiger partial charge on any atom is 0.268 e. The number of aryl methyl sites for hydroxylation is 1. The van der Waals surface area contributed by atoms with Crippen molar-refractivity contribution in [1.82, 2.24) is 30.0 Å². The molecule has 4 aromatic rings. The molecule has 1 aromatic carbocycles. The van der Waals surface area contributed by atoms with E-state index in [0.717, 1.165) is 23.2 Å². The first-order chi connectivity index (χ1) is 15.0. The highest BCUT2D eigenvalue weighted by Gasteiger charge is 2.17. The van der Waals surface area contributed by atoms with E-state index in [1.165, 1.54) is 0 Å². The molecule has 3 aromatic heterocycles. The predicted octanol–water partition coefficient (Wildman–Crippen LogP) is 3.63. The van der Waals surface area contributed by atoms with Crippen LogP contribution in [0.2, 0.25) is 0 Å². The highest BCUT2D eigenvalue weighted by atomic mass is 16.4. The van der Waals surface area contributed by atoms with Crippen LogP contribution in [0.4, 0.5) is 0 Å². The Morgan fingerprint density at radius 1 is 1.10 bits per heavy atom. The van der Waals surface area contributed by atoms with Gasteiger partial charge < -0.3 is 14.3 Å². The molecule has 0 saturated heterocycles. The number of nitrogens with zero attached hydrogens (tertiary/aromatic N) is 5. The van der Waals surface area contributed by atoms with Crippen molar-refractivity contribution >= 4 is 0 Å². The Labute approximate surface area is 180 Å². The summed E-state index contributed by atoms with van der Waals surface area (Å²) in [6.45, 7) is 6.52. The molecule has 8 heteroatoms. The summed E-state index contributed by atoms with van der Waals surface area (Å²) < 4.78 is 7.61. The van der Waals surface area contributed by atoms with Crippen LogP contribution in [-0.4, -0.2) is 31.8 Å². The van der Waals surface area contributed by atoms with Crippen LogP contribution in [0.25, 0.3) is 34.3 Å². The molecule has 0 amide bonds. The first kappa shape index (κ1) is 20.6. The summed E-state index contributed by atoms with van der Waals surface area (Å²) in [5, 5.41) is 11.5. The Hall–Kier alpha value is -3.65. The van der Waals surface area contributed by atoms with Crippen LogP contribution < -0.4 is 10.9 Å². The molecule has 0 bridgehead atoms. The van der Waals surface area contributed by atoms with E-state index < -0.39 is 0 Å². The summed E-state index contributed by atoms with van der Waals surface area (Å²) in [4.78, 5) is 21.3. The molecule has 158 valence electrons. The minimum atomic E-state index is -0.0545. The highest BCUT2D eigenvalue weighted by molar-refractivity contribution is 5.63. The van der Waals surface area contributed by atoms with Crippen molar-refractivity contribution in [3.05, 3.63) is 70.4 Å². The Bertz CT molecular complexity index is 1280. The Balaban J connectivity index is 1.71. The third-order valence-corrected chi connectivity index (χ3v) is 4.93. The number of rotatable bonds is 6. The van der Waals surface area contributed by atoms with Gasteiger partial charge in [0.25, 0.3) is 11.4 Å². The standard InChI is InChI=1S/C23H24N6O2/c1-14(2)29-13-18(8-9-20(29)30)19-12-25-15(3)21(26-19)23-28-27-22(31-23)17-7-5-6-16(10-17)11-24-4/h5-10,12-14,24H,11H2,1-4H3. The molecule has 0 spiro atoms. The van der Waals surface area contributed by atoms with Crippen molar-refractivity contribution < 1.29 is 4.42 Å². The number of benzene rings is 1. The fourth-order valence-corrected chi connectivity index (χ4v) is 3.30. The molecule has 3 heterocycles. The van der Waals surface area contributed by atoms with Gasteiger partial charge >= 0.3 is 0 Å². The lowest BCUT2D eigenvalue weighted by molar-refractivity contribution is 0.578. The van der Waals surface area contributed by atoms with Gasteiger partial charge in [-0.25, -0.2) is 4.98 Å². The molecule has 0 fully saturated rings. The largest absolute Gasteiger partial charge is 0.415 e. The predicted molar refractivity (Wildman–Crippen MR) is 118 cm³/mol. The van der Waals surface area contributed by atoms with Crippen molar-refractivity contribution in [3.63, 3.8) is 0 Å². The molecule has 8 nitrogen and oxygen atoms in total. The first-order valence-corrected chi connectivity index (χ1v) is 10.1. The van der Waals surface area contributed by atoms with Gasteiger partial charge in [0.05, 0.1) is 17.6 Å². The molecule has 0 unspecified atom stereocenters. The van der Waals surface area contributed by atoms with Gasteiger partial charge in [0, 0.05) is 36.0 Å². The van der Waals surface area contributed by atoms with Gasteiger partial charge in [-0.05, 0) is 51.6 Å². The van der Waals surface area contributed by atoms with E-state index in [1.807, 2.05) is 52.1 Å². The lowest BCUT2D eigenvalue weighted by atomic mass is 10.1. The molecule has 1 N–H and O–H groups in total. The van der Waals surface area contributed by atoms with Crippen molar-refractivity contribution in [2.45, 2.75) is 33.4 Å². The maximum atomic E-state index is 12.1. The van der Waals surface area contributed by atoms with Crippen LogP contribution in [0.15, 0.2) is 58.0 Å². The normalized spacial score (nSPS) is 11.3. The van der Waals surface area contributed by atoms with Gasteiger partial charge in [-0.15, -0.1) is 10.2 Å². The van der Waals surface area contributed by atoms with Gasteiger partial charge in [-0.3, -0.25) is 9.78 Å². The van der Waals surface area contributed by atoms with Gasteiger partial charge in [0.2, 0.25) is 5.89 Å². The molecule has 0 aliphatic heterocycles. The van der Waals surface area contributed by atoms with Crippen LogP contribution in [0.1, 0.15) is 31.1 Å². The van der Waals surface area contributed by atoms with E-state index in [0.29, 0.717) is 28.9 Å². The van der Waals surface area contributed by atoms with Crippen molar-refractivity contribution in [2.75, 3.05) is 7.05 Å². The molecule has 0 aliphatic rings. The summed E-state index contributed by atoms with van der Waals surface area (Å²) in [5.41, 5.74) is 4.54. The Morgan fingerprint density at radius 3 is 2.68 bits per heavy atom. The first-order valence-electron chi connectivity index (χ1n) is 10.1. The van der Waals surface area contributed by atoms with Gasteiger partial charge in [-0.1, -0.05) is 12.1 Å². The van der Waals surface area contributed by atoms with Crippen molar-refractivity contribution in [2.24, 2.45) is 0 Å². The SMILES string of the molecule is CNCc1cccc(-c2nnc(-c3nc(-c4ccc(=O)n(C(C)C)c4)cnc3C)o2)c1. The number of pyridine rings is 1. The molecule has 0 aliphatic carbocycles. The van der Waals surface area contributed by atoms with Crippen LogP contribution in [-0.2, 0) is 6.54 Å². The zero-order valence-corrected chi connectivity index (χ0v) is 18.0. The molecule has 0 radical (unpaired) electrons. The molecule has 0 atom stereocenters. The third kappa shape index (κ3) is 4.29. The third-order valence-electron chi connectivity index (χ3n) is 4.93. The summed E-state index contributed by atoms with van der Waals surface area (Å²) >= 11 is 0. The number of hydrogen-bond acceptors (Lipinski definition) is 7. The van der Waals surface area contributed by atoms with E-state index >= 15 is 0 Å². The van der Waals surface area contributed by atoms with Crippen molar-refractivity contribution in [1.29, 1.82) is 0 Å². The van der Waals surface area contributed by atoms with E-state index in [9.17, 15) is 4.79 Å². The minimum absolute atomic E-state index is 0.0440. The summed E-state index contributed by atoms with van der Waals surface area (Å²) in [6.07, 6.45) is 3.48.